The quantitative estimate of drug-likeness (QED) is 0.138. The first-order valence-corrected chi connectivity index (χ1v) is 18.8. The monoisotopic (exact) mass is 899 g/mol. The Morgan fingerprint density at radius 2 is 1.20 bits per heavy atom. The number of rotatable bonds is 9. The molecule has 0 amide bonds. The van der Waals surface area contributed by atoms with Crippen molar-refractivity contribution in [2.45, 2.75) is 106 Å². The average molecular weight is 900 g/mol. The molecular weight excluding hydrogens is 846 g/mol. The summed E-state index contributed by atoms with van der Waals surface area (Å²) >= 11 is 0. The van der Waals surface area contributed by atoms with E-state index >= 15 is 0 Å². The molecular formula is C48H54N3O2Pt-3. The van der Waals surface area contributed by atoms with Gasteiger partial charge in [-0.15, -0.1) is 48.3 Å². The Morgan fingerprint density at radius 1 is 0.630 bits per heavy atom. The van der Waals surface area contributed by atoms with Crippen molar-refractivity contribution in [3.05, 3.63) is 144 Å². The van der Waals surface area contributed by atoms with Gasteiger partial charge < -0.3 is 19.3 Å². The summed E-state index contributed by atoms with van der Waals surface area (Å²) in [5.74, 6) is 3.09. The summed E-state index contributed by atoms with van der Waals surface area (Å²) in [5.41, 5.74) is 11.9. The van der Waals surface area contributed by atoms with Crippen LogP contribution in [0.5, 0.6) is 23.1 Å². The summed E-state index contributed by atoms with van der Waals surface area (Å²) in [7, 11) is 0. The summed E-state index contributed by atoms with van der Waals surface area (Å²) in [6.45, 7) is 28.8. The summed E-state index contributed by atoms with van der Waals surface area (Å²) in [4.78, 5) is 8.89. The summed E-state index contributed by atoms with van der Waals surface area (Å²) in [5, 5.41) is 0. The molecule has 0 saturated heterocycles. The number of pyridine rings is 1. The number of anilines is 2. The van der Waals surface area contributed by atoms with Crippen LogP contribution in [0.4, 0.5) is 11.4 Å². The van der Waals surface area contributed by atoms with Gasteiger partial charge in [0.05, 0.1) is 0 Å². The Balaban J connectivity index is 0.00000561. The fourth-order valence-electron chi connectivity index (χ4n) is 6.67. The van der Waals surface area contributed by atoms with Crippen LogP contribution in [0.15, 0.2) is 103 Å². The molecule has 0 N–H and O–H groups in total. The molecule has 0 bridgehead atoms. The second-order valence-electron chi connectivity index (χ2n) is 16.8. The largest absolute Gasteiger partial charge is 0.509 e. The van der Waals surface area contributed by atoms with E-state index in [-0.39, 0.29) is 31.9 Å². The maximum Gasteiger partial charge on any atom is 0.216 e. The average Bonchev–Trinajstić information content (AvgIpc) is 3.40. The van der Waals surface area contributed by atoms with Crippen LogP contribution in [-0.4, -0.2) is 4.98 Å². The van der Waals surface area contributed by atoms with Gasteiger partial charge in [-0.2, -0.15) is 6.07 Å². The van der Waals surface area contributed by atoms with Crippen molar-refractivity contribution >= 4 is 11.4 Å². The number of hydrogen-bond acceptors (Lipinski definition) is 5. The minimum Gasteiger partial charge on any atom is -0.509 e. The molecule has 0 fully saturated rings. The Hall–Kier alpha value is -4.34. The molecule has 1 aliphatic heterocycles. The van der Waals surface area contributed by atoms with Crippen LogP contribution >= 0.6 is 0 Å². The zero-order valence-corrected chi connectivity index (χ0v) is 36.1. The molecule has 6 rings (SSSR count). The topological polar surface area (TPSA) is 37.8 Å². The van der Waals surface area contributed by atoms with Crippen LogP contribution in [0.25, 0.3) is 11.1 Å². The minimum atomic E-state index is -0.122. The van der Waals surface area contributed by atoms with Crippen LogP contribution in [0, 0.1) is 18.8 Å². The predicted molar refractivity (Wildman–Crippen MR) is 220 cm³/mol. The summed E-state index contributed by atoms with van der Waals surface area (Å²) < 4.78 is 12.6. The van der Waals surface area contributed by atoms with Crippen LogP contribution in [-0.2, 0) is 31.9 Å². The van der Waals surface area contributed by atoms with Gasteiger partial charge in [-0.1, -0.05) is 106 Å². The third-order valence-electron chi connectivity index (χ3n) is 10.0. The molecule has 2 heterocycles. The van der Waals surface area contributed by atoms with Gasteiger partial charge in [0.2, 0.25) is 5.88 Å². The molecule has 0 aliphatic carbocycles. The molecule has 0 unspecified atom stereocenters. The summed E-state index contributed by atoms with van der Waals surface area (Å²) in [6.07, 6.45) is 1.78. The predicted octanol–water partition coefficient (Wildman–Crippen LogP) is 13.5. The molecule has 1 aromatic heterocycles. The van der Waals surface area contributed by atoms with Gasteiger partial charge in [0.15, 0.2) is 0 Å². The Morgan fingerprint density at radius 3 is 1.80 bits per heavy atom. The van der Waals surface area contributed by atoms with E-state index in [1.807, 2.05) is 30.3 Å². The second kappa shape index (κ2) is 16.2. The third-order valence-corrected chi connectivity index (χ3v) is 10.0. The van der Waals surface area contributed by atoms with Crippen molar-refractivity contribution in [1.29, 1.82) is 0 Å². The maximum atomic E-state index is 6.47. The van der Waals surface area contributed by atoms with Crippen molar-refractivity contribution in [2.24, 2.45) is 0 Å². The zero-order valence-electron chi connectivity index (χ0n) is 33.9. The fraction of sp³-hybridized carbons (Fsp3) is 0.333. The third kappa shape index (κ3) is 8.95. The SMILES string of the molecule is CC1=C(C)N(c2ccc(-c3c(C(C)C)cccc3C(C)C)cc2)[CH-]N1c1[c-]c(Oc2[c-]c(Oc3cc(C(C)(C)C)ccn3)ccc2)cc(C(C)(C)C)c1.[Pt]. The van der Waals surface area contributed by atoms with E-state index in [1.165, 1.54) is 22.3 Å². The van der Waals surface area contributed by atoms with E-state index in [0.29, 0.717) is 35.0 Å². The maximum absolute atomic E-state index is 6.47. The molecule has 286 valence electrons. The fourth-order valence-corrected chi connectivity index (χ4v) is 6.67. The van der Waals surface area contributed by atoms with Crippen LogP contribution in [0.2, 0.25) is 0 Å². The molecule has 6 heteroatoms. The smallest absolute Gasteiger partial charge is 0.216 e. The van der Waals surface area contributed by atoms with Crippen molar-refractivity contribution in [2.75, 3.05) is 9.80 Å². The van der Waals surface area contributed by atoms with Crippen molar-refractivity contribution in [3.63, 3.8) is 0 Å². The van der Waals surface area contributed by atoms with Gasteiger partial charge >= 0.3 is 0 Å². The van der Waals surface area contributed by atoms with E-state index < -0.39 is 0 Å². The number of allylic oxidation sites excluding steroid dienone is 2. The molecule has 4 aromatic carbocycles. The Labute approximate surface area is 338 Å². The molecule has 5 aromatic rings. The molecule has 0 saturated carbocycles. The Kier molecular flexibility index (Phi) is 12.2. The molecule has 5 nitrogen and oxygen atoms in total. The van der Waals surface area contributed by atoms with E-state index in [1.54, 1.807) is 6.20 Å². The van der Waals surface area contributed by atoms with Crippen LogP contribution in [0.3, 0.4) is 0 Å². The molecule has 54 heavy (non-hydrogen) atoms. The Bertz CT molecular complexity index is 2090. The number of nitrogens with zero attached hydrogens (tertiary/aromatic N) is 3. The van der Waals surface area contributed by atoms with Gasteiger partial charge in [0, 0.05) is 67.7 Å². The van der Waals surface area contributed by atoms with E-state index in [2.05, 4.69) is 171 Å². The van der Waals surface area contributed by atoms with Gasteiger partial charge in [0.1, 0.15) is 0 Å². The normalized spacial score (nSPS) is 13.5. The van der Waals surface area contributed by atoms with Crippen molar-refractivity contribution in [3.8, 4) is 34.3 Å². The zero-order chi connectivity index (χ0) is 38.2. The number of hydrogen-bond donors (Lipinski definition) is 0. The first kappa shape index (κ1) is 40.8. The minimum absolute atomic E-state index is 0. The van der Waals surface area contributed by atoms with E-state index in [0.717, 1.165) is 33.9 Å². The number of ether oxygens (including phenoxy) is 2. The van der Waals surface area contributed by atoms with Crippen molar-refractivity contribution in [1.82, 2.24) is 4.98 Å². The van der Waals surface area contributed by atoms with Crippen molar-refractivity contribution < 1.29 is 30.5 Å². The molecule has 0 spiro atoms. The molecule has 0 atom stereocenters. The van der Waals surface area contributed by atoms with Gasteiger partial charge in [0.25, 0.3) is 0 Å². The van der Waals surface area contributed by atoms with Gasteiger partial charge in [-0.3, -0.25) is 0 Å². The molecule has 1 aliphatic rings. The van der Waals surface area contributed by atoms with Crippen LogP contribution < -0.4 is 19.3 Å². The van der Waals surface area contributed by atoms with E-state index in [9.17, 15) is 0 Å². The summed E-state index contributed by atoms with van der Waals surface area (Å²) in [6, 6.07) is 36.5. The first-order valence-electron chi connectivity index (χ1n) is 18.8. The number of aromatic nitrogens is 1. The molecule has 0 radical (unpaired) electrons. The second-order valence-corrected chi connectivity index (χ2v) is 16.8. The standard InChI is InChI=1S/C48H54N3O2.Pt/c1-31(2)43-17-14-18-44(32(3)4)46(43)35-19-21-38(22-20-35)50-30-51(34(6)33(50)5)39-25-37(48(10,11)12)26-42(28-39)52-40-15-13-16-41(29-40)53-45-27-36(23-24-49-45)47(7,8)9;/h13-27,30-32H,1-12H3;/q-3;. The van der Waals surface area contributed by atoms with Crippen LogP contribution in [0.1, 0.15) is 117 Å². The first-order chi connectivity index (χ1) is 25.0. The van der Waals surface area contributed by atoms with E-state index in [4.69, 9.17) is 9.47 Å². The number of benzene rings is 4. The van der Waals surface area contributed by atoms with Gasteiger partial charge in [-0.25, -0.2) is 4.98 Å². The van der Waals surface area contributed by atoms with Gasteiger partial charge in [-0.05, 0) is 82.5 Å².